The molecule has 2 aliphatic rings. The van der Waals surface area contributed by atoms with Gasteiger partial charge in [-0.1, -0.05) is 80.2 Å². The first kappa shape index (κ1) is 24.7. The Morgan fingerprint density at radius 1 is 0.971 bits per heavy atom. The van der Waals surface area contributed by atoms with E-state index in [4.69, 9.17) is 23.7 Å². The number of hydrogen-bond donors (Lipinski definition) is 0. The Morgan fingerprint density at radius 2 is 1.65 bits per heavy atom. The van der Waals surface area contributed by atoms with Gasteiger partial charge in [0.1, 0.15) is 13.4 Å². The van der Waals surface area contributed by atoms with E-state index in [-0.39, 0.29) is 24.2 Å². The van der Waals surface area contributed by atoms with Crippen LogP contribution in [0.1, 0.15) is 30.9 Å². The Balaban J connectivity index is 1.55. The molecule has 2 aromatic rings. The Morgan fingerprint density at radius 3 is 2.29 bits per heavy atom. The van der Waals surface area contributed by atoms with E-state index in [1.54, 1.807) is 13.2 Å². The molecule has 0 aliphatic heterocycles. The third-order valence-corrected chi connectivity index (χ3v) is 7.26. The number of methoxy groups -OCH3 is 1. The normalized spacial score (nSPS) is 28.9. The third-order valence-electron chi connectivity index (χ3n) is 7.26. The van der Waals surface area contributed by atoms with Crippen LogP contribution in [0.15, 0.2) is 85.2 Å². The van der Waals surface area contributed by atoms with E-state index in [9.17, 15) is 0 Å². The zero-order valence-corrected chi connectivity index (χ0v) is 20.3. The molecular weight excluding hydrogens is 428 g/mol. The fraction of sp³-hybridized carbons (Fsp3) is 0.448. The van der Waals surface area contributed by atoms with Crippen molar-refractivity contribution >= 4 is 0 Å². The second-order valence-corrected chi connectivity index (χ2v) is 9.40. The minimum Gasteiger partial charge on any atom is -0.497 e. The maximum atomic E-state index is 6.47. The van der Waals surface area contributed by atoms with Crippen LogP contribution in [0.3, 0.4) is 0 Å². The van der Waals surface area contributed by atoms with E-state index in [1.165, 1.54) is 11.1 Å². The molecule has 4 rings (SSSR count). The molecule has 0 heterocycles. The SMILES string of the molecule is C=CCO/C=C1\[C@@H]2C[C@@](OCOC)(C[C@@H]2OCc2ccccc2)[C@@]1(C)COCc1ccccc1. The van der Waals surface area contributed by atoms with Crippen molar-refractivity contribution in [3.63, 3.8) is 0 Å². The molecule has 2 bridgehead atoms. The van der Waals surface area contributed by atoms with Gasteiger partial charge < -0.3 is 23.7 Å². The van der Waals surface area contributed by atoms with Gasteiger partial charge in [-0.2, -0.15) is 0 Å². The van der Waals surface area contributed by atoms with Gasteiger partial charge >= 0.3 is 0 Å². The molecule has 0 saturated heterocycles. The van der Waals surface area contributed by atoms with Gasteiger partial charge in [0, 0.05) is 24.9 Å². The molecule has 34 heavy (non-hydrogen) atoms. The van der Waals surface area contributed by atoms with Crippen LogP contribution >= 0.6 is 0 Å². The summed E-state index contributed by atoms with van der Waals surface area (Å²) in [6.07, 6.45) is 5.34. The maximum absolute atomic E-state index is 6.47. The van der Waals surface area contributed by atoms with Gasteiger partial charge in [0.05, 0.1) is 37.8 Å². The van der Waals surface area contributed by atoms with Gasteiger partial charge in [0.2, 0.25) is 0 Å². The van der Waals surface area contributed by atoms with Gasteiger partial charge in [-0.05, 0) is 23.1 Å². The molecule has 5 heteroatoms. The maximum Gasteiger partial charge on any atom is 0.147 e. The first-order valence-corrected chi connectivity index (χ1v) is 11.9. The third kappa shape index (κ3) is 5.13. The number of benzene rings is 2. The first-order valence-electron chi connectivity index (χ1n) is 11.9. The Kier molecular flexibility index (Phi) is 8.22. The number of ether oxygens (including phenoxy) is 5. The van der Waals surface area contributed by atoms with E-state index in [1.807, 2.05) is 42.7 Å². The lowest BCUT2D eigenvalue weighted by Crippen LogP contribution is -2.51. The molecule has 0 spiro atoms. The van der Waals surface area contributed by atoms with Crippen LogP contribution in [-0.4, -0.2) is 38.8 Å². The van der Waals surface area contributed by atoms with E-state index in [0.717, 1.165) is 18.4 Å². The Bertz CT molecular complexity index is 944. The predicted molar refractivity (Wildman–Crippen MR) is 132 cm³/mol. The van der Waals surface area contributed by atoms with E-state index >= 15 is 0 Å². The summed E-state index contributed by atoms with van der Waals surface area (Å²) < 4.78 is 30.4. The van der Waals surface area contributed by atoms with E-state index in [0.29, 0.717) is 26.4 Å². The van der Waals surface area contributed by atoms with Crippen molar-refractivity contribution in [2.75, 3.05) is 27.1 Å². The summed E-state index contributed by atoms with van der Waals surface area (Å²) in [5.74, 6) is 0.190. The molecule has 2 saturated carbocycles. The first-order chi connectivity index (χ1) is 16.6. The fourth-order valence-electron chi connectivity index (χ4n) is 5.46. The second kappa shape index (κ2) is 11.3. The van der Waals surface area contributed by atoms with Crippen LogP contribution in [-0.2, 0) is 36.9 Å². The summed E-state index contributed by atoms with van der Waals surface area (Å²) in [5, 5.41) is 0. The quantitative estimate of drug-likeness (QED) is 0.166. The van der Waals surface area contributed by atoms with E-state index < -0.39 is 5.60 Å². The monoisotopic (exact) mass is 464 g/mol. The minimum absolute atomic E-state index is 0.0397. The van der Waals surface area contributed by atoms with Crippen molar-refractivity contribution in [1.82, 2.24) is 0 Å². The van der Waals surface area contributed by atoms with Crippen molar-refractivity contribution in [3.8, 4) is 0 Å². The number of hydrogen-bond acceptors (Lipinski definition) is 5. The highest BCUT2D eigenvalue weighted by molar-refractivity contribution is 5.35. The number of fused-ring (bicyclic) bond motifs is 2. The lowest BCUT2D eigenvalue weighted by molar-refractivity contribution is -0.187. The summed E-state index contributed by atoms with van der Waals surface area (Å²) in [6.45, 7) is 8.34. The molecule has 2 fully saturated rings. The largest absolute Gasteiger partial charge is 0.497 e. The molecule has 182 valence electrons. The zero-order chi connectivity index (χ0) is 23.9. The van der Waals surface area contributed by atoms with Gasteiger partial charge in [-0.25, -0.2) is 0 Å². The van der Waals surface area contributed by atoms with E-state index in [2.05, 4.69) is 37.8 Å². The summed E-state index contributed by atoms with van der Waals surface area (Å²) in [4.78, 5) is 0. The van der Waals surface area contributed by atoms with Gasteiger partial charge in [0.15, 0.2) is 0 Å². The van der Waals surface area contributed by atoms with Gasteiger partial charge in [-0.15, -0.1) is 0 Å². The van der Waals surface area contributed by atoms with Crippen LogP contribution in [0, 0.1) is 11.3 Å². The molecule has 2 aromatic carbocycles. The van der Waals surface area contributed by atoms with Crippen LogP contribution in [0.5, 0.6) is 0 Å². The average Bonchev–Trinajstić information content (AvgIpc) is 3.35. The van der Waals surface area contributed by atoms with Crippen molar-refractivity contribution in [1.29, 1.82) is 0 Å². The van der Waals surface area contributed by atoms with Crippen molar-refractivity contribution < 1.29 is 23.7 Å². The molecule has 0 amide bonds. The average molecular weight is 465 g/mol. The second-order valence-electron chi connectivity index (χ2n) is 9.40. The lowest BCUT2D eigenvalue weighted by atomic mass is 9.68. The Hall–Kier alpha value is -2.44. The fourth-order valence-corrected chi connectivity index (χ4v) is 5.46. The molecule has 0 aromatic heterocycles. The van der Waals surface area contributed by atoms with Gasteiger partial charge in [-0.3, -0.25) is 0 Å². The molecular formula is C29H36O5. The molecule has 0 radical (unpaired) electrons. The molecule has 2 aliphatic carbocycles. The highest BCUT2D eigenvalue weighted by Crippen LogP contribution is 2.64. The standard InChI is InChI=1S/C29H36O5/c1-4-15-31-20-26-25-16-29(34-22-30-3,17-27(25)33-19-24-13-9-6-10-14-24)28(26,2)21-32-18-23-11-7-5-8-12-23/h4-14,20,25,27H,1,15-19,21-22H2,2-3H3/b26-20+/t25-,27-,28-,29+/m0/s1. The summed E-state index contributed by atoms with van der Waals surface area (Å²) >= 11 is 0. The topological polar surface area (TPSA) is 46.2 Å². The lowest BCUT2D eigenvalue weighted by Gasteiger charge is -2.46. The smallest absolute Gasteiger partial charge is 0.147 e. The van der Waals surface area contributed by atoms with Crippen LogP contribution in [0.2, 0.25) is 0 Å². The minimum atomic E-state index is -0.449. The molecule has 5 nitrogen and oxygen atoms in total. The molecule has 0 N–H and O–H groups in total. The zero-order valence-electron chi connectivity index (χ0n) is 20.3. The van der Waals surface area contributed by atoms with Crippen LogP contribution in [0.4, 0.5) is 0 Å². The molecule has 0 unspecified atom stereocenters. The van der Waals surface area contributed by atoms with Crippen LogP contribution < -0.4 is 0 Å². The summed E-state index contributed by atoms with van der Waals surface area (Å²) in [5.41, 5.74) is 2.69. The highest BCUT2D eigenvalue weighted by Gasteiger charge is 2.67. The Labute approximate surface area is 203 Å². The van der Waals surface area contributed by atoms with Gasteiger partial charge in [0.25, 0.3) is 0 Å². The predicted octanol–water partition coefficient (Wildman–Crippen LogP) is 5.66. The van der Waals surface area contributed by atoms with Crippen molar-refractivity contribution in [2.24, 2.45) is 11.3 Å². The number of rotatable bonds is 13. The summed E-state index contributed by atoms with van der Waals surface area (Å²) in [6, 6.07) is 20.5. The molecule has 4 atom stereocenters. The summed E-state index contributed by atoms with van der Waals surface area (Å²) in [7, 11) is 1.66. The van der Waals surface area contributed by atoms with Crippen molar-refractivity contribution in [2.45, 2.75) is 44.7 Å². The van der Waals surface area contributed by atoms with Crippen molar-refractivity contribution in [3.05, 3.63) is 96.3 Å². The van der Waals surface area contributed by atoms with Crippen LogP contribution in [0.25, 0.3) is 0 Å². The highest BCUT2D eigenvalue weighted by atomic mass is 16.7.